The van der Waals surface area contributed by atoms with Crippen LogP contribution in [0, 0.1) is 0 Å². The molecule has 0 aliphatic carbocycles. The van der Waals surface area contributed by atoms with E-state index in [0.29, 0.717) is 5.69 Å². The van der Waals surface area contributed by atoms with E-state index in [4.69, 9.17) is 4.74 Å². The van der Waals surface area contributed by atoms with Crippen LogP contribution in [0.25, 0.3) is 0 Å². The van der Waals surface area contributed by atoms with Crippen LogP contribution in [0.4, 0.5) is 11.4 Å². The zero-order valence-electron chi connectivity index (χ0n) is 19.6. The Labute approximate surface area is 197 Å². The molecule has 2 N–H and O–H groups in total. The van der Waals surface area contributed by atoms with Crippen LogP contribution in [0.2, 0.25) is 0 Å². The summed E-state index contributed by atoms with van der Waals surface area (Å²) >= 11 is 0. The third kappa shape index (κ3) is 8.30. The molecule has 0 aliphatic heterocycles. The van der Waals surface area contributed by atoms with E-state index in [9.17, 15) is 9.90 Å². The van der Waals surface area contributed by atoms with Crippen molar-refractivity contribution in [1.29, 1.82) is 0 Å². The second-order valence-electron chi connectivity index (χ2n) is 8.43. The number of anilines is 2. The number of unbranched alkanes of at least 4 members (excludes halogenated alkanes) is 5. The molecule has 0 saturated heterocycles. The number of rotatable bonds is 14. The largest absolute Gasteiger partial charge is 0.494 e. The summed E-state index contributed by atoms with van der Waals surface area (Å²) in [7, 11) is 0. The van der Waals surface area contributed by atoms with Crippen molar-refractivity contribution >= 4 is 17.3 Å². The third-order valence-corrected chi connectivity index (χ3v) is 5.78. The highest BCUT2D eigenvalue weighted by Crippen LogP contribution is 2.22. The Bertz CT molecular complexity index is 981. The van der Waals surface area contributed by atoms with Gasteiger partial charge in [-0.1, -0.05) is 75.4 Å². The van der Waals surface area contributed by atoms with Crippen LogP contribution in [0.1, 0.15) is 66.9 Å². The summed E-state index contributed by atoms with van der Waals surface area (Å²) < 4.78 is 5.87. The predicted molar refractivity (Wildman–Crippen MR) is 136 cm³/mol. The highest BCUT2D eigenvalue weighted by atomic mass is 16.5. The summed E-state index contributed by atoms with van der Waals surface area (Å²) in [6.07, 6.45) is 9.55. The Morgan fingerprint density at radius 1 is 0.788 bits per heavy atom. The zero-order chi connectivity index (χ0) is 23.3. The van der Waals surface area contributed by atoms with E-state index in [-0.39, 0.29) is 5.56 Å². The molecular formula is C29H35NO3. The van der Waals surface area contributed by atoms with Crippen LogP contribution in [0.15, 0.2) is 72.8 Å². The van der Waals surface area contributed by atoms with Gasteiger partial charge in [-0.05, 0) is 66.8 Å². The summed E-state index contributed by atoms with van der Waals surface area (Å²) in [5.74, 6) is 0.0120. The van der Waals surface area contributed by atoms with E-state index in [0.717, 1.165) is 37.3 Å². The van der Waals surface area contributed by atoms with Crippen molar-refractivity contribution in [3.63, 3.8) is 0 Å². The number of benzene rings is 3. The standard InChI is InChI=1S/C29H35NO3/c1-2-3-4-5-6-9-22-33-26-20-16-24(17-21-26)13-12-23-14-18-25(19-15-23)30-28-11-8-7-10-27(28)29(31)32/h7-8,10-11,14-21,30H,2-6,9,12-13,22H2,1H3,(H,31,32). The molecule has 0 atom stereocenters. The Balaban J connectivity index is 1.42. The molecule has 0 saturated carbocycles. The van der Waals surface area contributed by atoms with E-state index in [1.54, 1.807) is 18.2 Å². The molecule has 0 aromatic heterocycles. The first kappa shape index (κ1) is 24.4. The lowest BCUT2D eigenvalue weighted by Crippen LogP contribution is -2.02. The van der Waals surface area contributed by atoms with E-state index < -0.39 is 5.97 Å². The smallest absolute Gasteiger partial charge is 0.337 e. The van der Waals surface area contributed by atoms with Gasteiger partial charge in [0.25, 0.3) is 0 Å². The van der Waals surface area contributed by atoms with Gasteiger partial charge in [0.1, 0.15) is 5.75 Å². The number of para-hydroxylation sites is 1. The van der Waals surface area contributed by atoms with Crippen molar-refractivity contribution in [3.8, 4) is 5.75 Å². The molecular weight excluding hydrogens is 410 g/mol. The van der Waals surface area contributed by atoms with Crippen molar-refractivity contribution in [2.24, 2.45) is 0 Å². The van der Waals surface area contributed by atoms with Crippen LogP contribution in [0.5, 0.6) is 5.75 Å². The Morgan fingerprint density at radius 2 is 1.39 bits per heavy atom. The average Bonchev–Trinajstić information content (AvgIpc) is 2.84. The highest BCUT2D eigenvalue weighted by molar-refractivity contribution is 5.95. The van der Waals surface area contributed by atoms with Gasteiger partial charge >= 0.3 is 5.97 Å². The molecule has 3 aromatic carbocycles. The second-order valence-corrected chi connectivity index (χ2v) is 8.43. The minimum absolute atomic E-state index is 0.265. The Morgan fingerprint density at radius 3 is 2.06 bits per heavy atom. The van der Waals surface area contributed by atoms with Gasteiger partial charge in [-0.15, -0.1) is 0 Å². The number of hydrogen-bond donors (Lipinski definition) is 2. The minimum atomic E-state index is -0.937. The maximum atomic E-state index is 11.4. The van der Waals surface area contributed by atoms with E-state index >= 15 is 0 Å². The Hall–Kier alpha value is -3.27. The molecule has 0 fully saturated rings. The normalized spacial score (nSPS) is 10.7. The number of carboxylic acids is 1. The predicted octanol–water partition coefficient (Wildman–Crippen LogP) is 7.65. The topological polar surface area (TPSA) is 58.6 Å². The van der Waals surface area contributed by atoms with Gasteiger partial charge in [0.2, 0.25) is 0 Å². The van der Waals surface area contributed by atoms with Gasteiger partial charge in [0, 0.05) is 5.69 Å². The minimum Gasteiger partial charge on any atom is -0.494 e. The number of carbonyl (C=O) groups is 1. The quantitative estimate of drug-likeness (QED) is 0.250. The first-order chi connectivity index (χ1) is 16.2. The lowest BCUT2D eigenvalue weighted by Gasteiger charge is -2.10. The molecule has 0 heterocycles. The van der Waals surface area contributed by atoms with E-state index in [1.165, 1.54) is 43.2 Å². The summed E-state index contributed by atoms with van der Waals surface area (Å²) in [4.78, 5) is 11.4. The molecule has 0 bridgehead atoms. The molecule has 0 amide bonds. The number of hydrogen-bond acceptors (Lipinski definition) is 3. The first-order valence-corrected chi connectivity index (χ1v) is 12.1. The van der Waals surface area contributed by atoms with Gasteiger partial charge in [0.15, 0.2) is 0 Å². The number of ether oxygens (including phenoxy) is 1. The molecule has 0 radical (unpaired) electrons. The van der Waals surface area contributed by atoms with Gasteiger partial charge < -0.3 is 15.2 Å². The second kappa shape index (κ2) is 13.3. The van der Waals surface area contributed by atoms with Gasteiger partial charge in [0.05, 0.1) is 17.9 Å². The van der Waals surface area contributed by atoms with Crippen LogP contribution in [-0.2, 0) is 12.8 Å². The number of carboxylic acid groups (broad SMARTS) is 1. The summed E-state index contributed by atoms with van der Waals surface area (Å²) in [5, 5.41) is 12.5. The third-order valence-electron chi connectivity index (χ3n) is 5.78. The number of aromatic carboxylic acids is 1. The lowest BCUT2D eigenvalue weighted by atomic mass is 10.0. The van der Waals surface area contributed by atoms with Crippen molar-refractivity contribution in [3.05, 3.63) is 89.5 Å². The summed E-state index contributed by atoms with van der Waals surface area (Å²) in [5.41, 5.74) is 4.27. The van der Waals surface area contributed by atoms with Crippen LogP contribution >= 0.6 is 0 Å². The fourth-order valence-corrected chi connectivity index (χ4v) is 3.80. The van der Waals surface area contributed by atoms with Crippen LogP contribution in [0.3, 0.4) is 0 Å². The number of aryl methyl sites for hydroxylation is 2. The SMILES string of the molecule is CCCCCCCCOc1ccc(CCc2ccc(Nc3ccccc3C(=O)O)cc2)cc1. The monoisotopic (exact) mass is 445 g/mol. The zero-order valence-corrected chi connectivity index (χ0v) is 19.6. The lowest BCUT2D eigenvalue weighted by molar-refractivity contribution is 0.0698. The fourth-order valence-electron chi connectivity index (χ4n) is 3.80. The molecule has 4 heteroatoms. The highest BCUT2D eigenvalue weighted by Gasteiger charge is 2.09. The fraction of sp³-hybridized carbons (Fsp3) is 0.345. The number of nitrogens with one attached hydrogen (secondary N) is 1. The van der Waals surface area contributed by atoms with Crippen LogP contribution < -0.4 is 10.1 Å². The van der Waals surface area contributed by atoms with Gasteiger partial charge in [-0.25, -0.2) is 4.79 Å². The maximum absolute atomic E-state index is 11.4. The van der Waals surface area contributed by atoms with Crippen molar-refractivity contribution < 1.29 is 14.6 Å². The summed E-state index contributed by atoms with van der Waals surface area (Å²) in [6, 6.07) is 23.5. The Kier molecular flexibility index (Phi) is 9.84. The summed E-state index contributed by atoms with van der Waals surface area (Å²) in [6.45, 7) is 3.04. The first-order valence-electron chi connectivity index (χ1n) is 12.1. The molecule has 174 valence electrons. The maximum Gasteiger partial charge on any atom is 0.337 e. The van der Waals surface area contributed by atoms with Crippen molar-refractivity contribution in [2.45, 2.75) is 58.3 Å². The van der Waals surface area contributed by atoms with E-state index in [1.807, 2.05) is 18.2 Å². The molecule has 0 unspecified atom stereocenters. The molecule has 4 nitrogen and oxygen atoms in total. The molecule has 3 aromatic rings. The molecule has 0 aliphatic rings. The van der Waals surface area contributed by atoms with Gasteiger partial charge in [-0.3, -0.25) is 0 Å². The average molecular weight is 446 g/mol. The van der Waals surface area contributed by atoms with Crippen molar-refractivity contribution in [2.75, 3.05) is 11.9 Å². The molecule has 3 rings (SSSR count). The van der Waals surface area contributed by atoms with Crippen LogP contribution in [-0.4, -0.2) is 17.7 Å². The van der Waals surface area contributed by atoms with Gasteiger partial charge in [-0.2, -0.15) is 0 Å². The molecule has 33 heavy (non-hydrogen) atoms. The molecule has 0 spiro atoms. The van der Waals surface area contributed by atoms with Crippen molar-refractivity contribution in [1.82, 2.24) is 0 Å². The van der Waals surface area contributed by atoms with E-state index in [2.05, 4.69) is 48.6 Å².